The predicted molar refractivity (Wildman–Crippen MR) is 80.5 cm³/mol. The van der Waals surface area contributed by atoms with E-state index in [9.17, 15) is 8.78 Å². The average molecular weight is 287 g/mol. The lowest BCUT2D eigenvalue weighted by Crippen LogP contribution is -2.34. The third-order valence-electron chi connectivity index (χ3n) is 4.41. The Morgan fingerprint density at radius 2 is 1.67 bits per heavy atom. The van der Waals surface area contributed by atoms with Crippen LogP contribution in [0, 0.1) is 18.6 Å². The van der Waals surface area contributed by atoms with E-state index in [-0.39, 0.29) is 11.6 Å². The summed E-state index contributed by atoms with van der Waals surface area (Å²) in [5.41, 5.74) is 3.33. The van der Waals surface area contributed by atoms with Crippen molar-refractivity contribution < 1.29 is 8.78 Å². The van der Waals surface area contributed by atoms with Gasteiger partial charge in [0.2, 0.25) is 0 Å². The number of hydrogen-bond donors (Lipinski definition) is 1. The molecule has 1 nitrogen and oxygen atoms in total. The highest BCUT2D eigenvalue weighted by molar-refractivity contribution is 5.35. The summed E-state index contributed by atoms with van der Waals surface area (Å²) in [4.78, 5) is 0. The third-order valence-corrected chi connectivity index (χ3v) is 4.41. The summed E-state index contributed by atoms with van der Waals surface area (Å²) < 4.78 is 26.5. The van der Waals surface area contributed by atoms with Crippen molar-refractivity contribution in [3.63, 3.8) is 0 Å². The molecule has 1 fully saturated rings. The second kappa shape index (κ2) is 5.94. The van der Waals surface area contributed by atoms with Gasteiger partial charge in [-0.3, -0.25) is 0 Å². The molecule has 21 heavy (non-hydrogen) atoms. The van der Waals surface area contributed by atoms with Gasteiger partial charge in [0.05, 0.1) is 0 Å². The standard InChI is InChI=1S/C18H19F2N/c1-12-10-15(20)6-7-16(12)17-8-9-21-11-18(17)13-2-4-14(19)5-3-13/h2-7,10,17-18,21H,8-9,11H2,1H3. The maximum atomic E-state index is 13.3. The molecule has 2 atom stereocenters. The van der Waals surface area contributed by atoms with E-state index in [1.165, 1.54) is 23.8 Å². The molecule has 0 aromatic heterocycles. The molecular weight excluding hydrogens is 268 g/mol. The molecule has 0 spiro atoms. The summed E-state index contributed by atoms with van der Waals surface area (Å²) in [6.07, 6.45) is 1.01. The molecule has 0 saturated carbocycles. The fourth-order valence-corrected chi connectivity index (χ4v) is 3.35. The quantitative estimate of drug-likeness (QED) is 0.875. The second-order valence-corrected chi connectivity index (χ2v) is 5.76. The molecule has 110 valence electrons. The number of nitrogens with one attached hydrogen (secondary N) is 1. The van der Waals surface area contributed by atoms with Gasteiger partial charge in [-0.1, -0.05) is 18.2 Å². The lowest BCUT2D eigenvalue weighted by molar-refractivity contribution is 0.402. The first-order valence-electron chi connectivity index (χ1n) is 7.37. The Morgan fingerprint density at radius 3 is 2.38 bits per heavy atom. The first-order chi connectivity index (χ1) is 10.1. The van der Waals surface area contributed by atoms with Crippen LogP contribution in [-0.4, -0.2) is 13.1 Å². The SMILES string of the molecule is Cc1cc(F)ccc1C1CCNCC1c1ccc(F)cc1. The van der Waals surface area contributed by atoms with Crippen molar-refractivity contribution in [3.8, 4) is 0 Å². The van der Waals surface area contributed by atoms with Crippen molar-refractivity contribution in [1.82, 2.24) is 5.32 Å². The van der Waals surface area contributed by atoms with E-state index in [1.807, 2.05) is 25.1 Å². The first-order valence-corrected chi connectivity index (χ1v) is 7.37. The second-order valence-electron chi connectivity index (χ2n) is 5.76. The van der Waals surface area contributed by atoms with Gasteiger partial charge in [0.15, 0.2) is 0 Å². The molecule has 2 aromatic carbocycles. The summed E-state index contributed by atoms with van der Waals surface area (Å²) in [6, 6.07) is 11.8. The Kier molecular flexibility index (Phi) is 4.02. The summed E-state index contributed by atoms with van der Waals surface area (Å²) in [5.74, 6) is 0.237. The highest BCUT2D eigenvalue weighted by Crippen LogP contribution is 2.38. The van der Waals surface area contributed by atoms with E-state index in [4.69, 9.17) is 0 Å². The van der Waals surface area contributed by atoms with Crippen LogP contribution in [0.15, 0.2) is 42.5 Å². The van der Waals surface area contributed by atoms with Gasteiger partial charge in [-0.2, -0.15) is 0 Å². The number of aryl methyl sites for hydroxylation is 1. The zero-order valence-corrected chi connectivity index (χ0v) is 12.1. The number of hydrogen-bond acceptors (Lipinski definition) is 1. The Balaban J connectivity index is 1.96. The molecule has 3 rings (SSSR count). The monoisotopic (exact) mass is 287 g/mol. The highest BCUT2D eigenvalue weighted by Gasteiger charge is 2.28. The Hall–Kier alpha value is -1.74. The Morgan fingerprint density at radius 1 is 0.952 bits per heavy atom. The van der Waals surface area contributed by atoms with Gasteiger partial charge in [0.1, 0.15) is 11.6 Å². The van der Waals surface area contributed by atoms with Crippen molar-refractivity contribution in [3.05, 3.63) is 70.8 Å². The summed E-state index contributed by atoms with van der Waals surface area (Å²) in [6.45, 7) is 3.79. The van der Waals surface area contributed by atoms with Crippen molar-refractivity contribution in [2.75, 3.05) is 13.1 Å². The van der Waals surface area contributed by atoms with E-state index in [1.54, 1.807) is 6.07 Å². The molecule has 0 amide bonds. The average Bonchev–Trinajstić information content (AvgIpc) is 2.48. The van der Waals surface area contributed by atoms with Crippen LogP contribution in [0.2, 0.25) is 0 Å². The minimum Gasteiger partial charge on any atom is -0.316 e. The summed E-state index contributed by atoms with van der Waals surface area (Å²) >= 11 is 0. The normalized spacial score (nSPS) is 22.2. The molecule has 1 aliphatic heterocycles. The fraction of sp³-hybridized carbons (Fsp3) is 0.333. The molecule has 1 saturated heterocycles. The van der Waals surface area contributed by atoms with Gasteiger partial charge in [-0.15, -0.1) is 0 Å². The van der Waals surface area contributed by atoms with Gasteiger partial charge < -0.3 is 5.32 Å². The molecule has 0 radical (unpaired) electrons. The van der Waals surface area contributed by atoms with E-state index in [0.717, 1.165) is 30.6 Å². The van der Waals surface area contributed by atoms with Crippen LogP contribution in [0.1, 0.15) is 34.9 Å². The number of benzene rings is 2. The summed E-state index contributed by atoms with van der Waals surface area (Å²) in [7, 11) is 0. The van der Waals surface area contributed by atoms with Gasteiger partial charge in [0.25, 0.3) is 0 Å². The zero-order chi connectivity index (χ0) is 14.8. The van der Waals surface area contributed by atoms with E-state index >= 15 is 0 Å². The van der Waals surface area contributed by atoms with Crippen LogP contribution in [0.4, 0.5) is 8.78 Å². The first kappa shape index (κ1) is 14.2. The lowest BCUT2D eigenvalue weighted by atomic mass is 9.76. The molecule has 1 N–H and O–H groups in total. The topological polar surface area (TPSA) is 12.0 Å². The van der Waals surface area contributed by atoms with Gasteiger partial charge in [0, 0.05) is 12.5 Å². The largest absolute Gasteiger partial charge is 0.316 e. The van der Waals surface area contributed by atoms with Gasteiger partial charge in [-0.05, 0) is 66.8 Å². The minimum atomic E-state index is -0.211. The van der Waals surface area contributed by atoms with Crippen LogP contribution in [-0.2, 0) is 0 Å². The molecule has 3 heteroatoms. The maximum Gasteiger partial charge on any atom is 0.123 e. The predicted octanol–water partition coefficient (Wildman–Crippen LogP) is 4.13. The number of piperidine rings is 1. The highest BCUT2D eigenvalue weighted by atomic mass is 19.1. The molecule has 1 heterocycles. The van der Waals surface area contributed by atoms with Crippen LogP contribution in [0.5, 0.6) is 0 Å². The van der Waals surface area contributed by atoms with Gasteiger partial charge in [-0.25, -0.2) is 8.78 Å². The molecule has 2 unspecified atom stereocenters. The van der Waals surface area contributed by atoms with Crippen LogP contribution >= 0.6 is 0 Å². The lowest BCUT2D eigenvalue weighted by Gasteiger charge is -2.34. The van der Waals surface area contributed by atoms with Crippen LogP contribution < -0.4 is 5.32 Å². The van der Waals surface area contributed by atoms with E-state index < -0.39 is 0 Å². The smallest absolute Gasteiger partial charge is 0.123 e. The van der Waals surface area contributed by atoms with Gasteiger partial charge >= 0.3 is 0 Å². The number of rotatable bonds is 2. The van der Waals surface area contributed by atoms with E-state index in [2.05, 4.69) is 5.32 Å². The van der Waals surface area contributed by atoms with Crippen molar-refractivity contribution >= 4 is 0 Å². The number of halogens is 2. The molecule has 1 aliphatic rings. The Bertz CT molecular complexity index is 622. The molecule has 0 bridgehead atoms. The zero-order valence-electron chi connectivity index (χ0n) is 12.1. The maximum absolute atomic E-state index is 13.3. The van der Waals surface area contributed by atoms with Crippen molar-refractivity contribution in [2.24, 2.45) is 0 Å². The van der Waals surface area contributed by atoms with Crippen molar-refractivity contribution in [2.45, 2.75) is 25.2 Å². The van der Waals surface area contributed by atoms with E-state index in [0.29, 0.717) is 11.8 Å². The third kappa shape index (κ3) is 2.98. The van der Waals surface area contributed by atoms with Crippen molar-refractivity contribution in [1.29, 1.82) is 0 Å². The molecule has 0 aliphatic carbocycles. The molecule has 2 aromatic rings. The molecular formula is C18H19F2N. The van der Waals surface area contributed by atoms with Crippen LogP contribution in [0.3, 0.4) is 0 Å². The van der Waals surface area contributed by atoms with Crippen LogP contribution in [0.25, 0.3) is 0 Å². The fourth-order valence-electron chi connectivity index (χ4n) is 3.35. The Labute approximate surface area is 124 Å². The minimum absolute atomic E-state index is 0.191. The summed E-state index contributed by atoms with van der Waals surface area (Å²) in [5, 5.41) is 3.41.